The van der Waals surface area contributed by atoms with Crippen molar-refractivity contribution in [3.05, 3.63) is 42.7 Å². The molecule has 0 spiro atoms. The van der Waals surface area contributed by atoms with E-state index in [1.807, 2.05) is 6.07 Å². The Labute approximate surface area is 138 Å². The molecule has 1 saturated heterocycles. The Hall–Kier alpha value is -2.14. The summed E-state index contributed by atoms with van der Waals surface area (Å²) in [6.07, 6.45) is 1.68. The smallest absolute Gasteiger partial charge is 0.138 e. The van der Waals surface area contributed by atoms with Gasteiger partial charge in [-0.3, -0.25) is 0 Å². The highest BCUT2D eigenvalue weighted by molar-refractivity contribution is 5.62. The topological polar surface area (TPSA) is 35.5 Å². The first-order chi connectivity index (χ1) is 11.3. The molecule has 1 aromatic heterocycles. The molecule has 2 aromatic rings. The van der Waals surface area contributed by atoms with Crippen molar-refractivity contribution in [2.45, 2.75) is 13.8 Å². The van der Waals surface area contributed by atoms with E-state index in [-0.39, 0.29) is 0 Å². The minimum Gasteiger partial charge on any atom is -0.354 e. The average molecular weight is 311 g/mol. The van der Waals surface area contributed by atoms with E-state index in [9.17, 15) is 0 Å². The summed E-state index contributed by atoms with van der Waals surface area (Å²) >= 11 is 0. The van der Waals surface area contributed by atoms with Crippen LogP contribution >= 0.6 is 0 Å². The maximum Gasteiger partial charge on any atom is 0.138 e. The maximum absolute atomic E-state index is 4.49. The Kier molecular flexibility index (Phi) is 5.08. The lowest BCUT2D eigenvalue weighted by Gasteiger charge is -2.35. The third-order valence-electron chi connectivity index (χ3n) is 4.44. The van der Waals surface area contributed by atoms with E-state index in [1.54, 1.807) is 6.33 Å². The molecule has 1 aliphatic heterocycles. The van der Waals surface area contributed by atoms with Gasteiger partial charge in [-0.15, -0.1) is 0 Å². The first-order valence-corrected chi connectivity index (χ1v) is 8.43. The molecule has 0 atom stereocenters. The molecule has 1 aliphatic rings. The van der Waals surface area contributed by atoms with Gasteiger partial charge in [0.05, 0.1) is 0 Å². The normalized spacial score (nSPS) is 15.7. The van der Waals surface area contributed by atoms with E-state index in [1.165, 1.54) is 0 Å². The molecule has 23 heavy (non-hydrogen) atoms. The third kappa shape index (κ3) is 3.62. The predicted molar refractivity (Wildman–Crippen MR) is 95.5 cm³/mol. The van der Waals surface area contributed by atoms with Gasteiger partial charge in [-0.05, 0) is 25.6 Å². The van der Waals surface area contributed by atoms with E-state index in [4.69, 9.17) is 0 Å². The SMILES string of the molecule is CCN1CCN(c2cc(N(CC)c3ccccc3)ncn2)CC1. The molecule has 1 fully saturated rings. The molecule has 5 nitrogen and oxygen atoms in total. The van der Waals surface area contributed by atoms with Gasteiger partial charge in [-0.1, -0.05) is 25.1 Å². The van der Waals surface area contributed by atoms with Crippen LogP contribution in [-0.4, -0.2) is 54.1 Å². The van der Waals surface area contributed by atoms with Crippen LogP contribution in [0, 0.1) is 0 Å². The minimum absolute atomic E-state index is 0.879. The van der Waals surface area contributed by atoms with Crippen LogP contribution in [-0.2, 0) is 0 Å². The van der Waals surface area contributed by atoms with Crippen LogP contribution in [0.15, 0.2) is 42.7 Å². The maximum atomic E-state index is 4.49. The minimum atomic E-state index is 0.879. The fourth-order valence-electron chi connectivity index (χ4n) is 3.04. The van der Waals surface area contributed by atoms with Gasteiger partial charge in [-0.2, -0.15) is 0 Å². The molecule has 0 radical (unpaired) electrons. The van der Waals surface area contributed by atoms with Crippen molar-refractivity contribution in [1.29, 1.82) is 0 Å². The van der Waals surface area contributed by atoms with Crippen molar-refractivity contribution in [3.63, 3.8) is 0 Å². The predicted octanol–water partition coefficient (Wildman–Crippen LogP) is 2.78. The molecule has 2 heterocycles. The van der Waals surface area contributed by atoms with Crippen LogP contribution in [0.4, 0.5) is 17.3 Å². The van der Waals surface area contributed by atoms with Crippen LogP contribution in [0.1, 0.15) is 13.8 Å². The molecule has 1 aromatic carbocycles. The molecule has 0 unspecified atom stereocenters. The largest absolute Gasteiger partial charge is 0.354 e. The Balaban J connectivity index is 1.79. The highest BCUT2D eigenvalue weighted by Crippen LogP contribution is 2.25. The lowest BCUT2D eigenvalue weighted by atomic mass is 10.2. The van der Waals surface area contributed by atoms with Crippen molar-refractivity contribution in [2.24, 2.45) is 0 Å². The van der Waals surface area contributed by atoms with Gasteiger partial charge in [0.15, 0.2) is 0 Å². The van der Waals surface area contributed by atoms with E-state index in [2.05, 4.69) is 68.8 Å². The number of rotatable bonds is 5. The highest BCUT2D eigenvalue weighted by atomic mass is 15.3. The first kappa shape index (κ1) is 15.7. The van der Waals surface area contributed by atoms with E-state index >= 15 is 0 Å². The number of benzene rings is 1. The number of anilines is 3. The highest BCUT2D eigenvalue weighted by Gasteiger charge is 2.18. The molecule has 0 saturated carbocycles. The summed E-state index contributed by atoms with van der Waals surface area (Å²) in [5.41, 5.74) is 1.16. The Morgan fingerprint density at radius 3 is 2.39 bits per heavy atom. The van der Waals surface area contributed by atoms with Gasteiger partial charge >= 0.3 is 0 Å². The van der Waals surface area contributed by atoms with Crippen molar-refractivity contribution in [3.8, 4) is 0 Å². The van der Waals surface area contributed by atoms with Crippen LogP contribution in [0.3, 0.4) is 0 Å². The summed E-state index contributed by atoms with van der Waals surface area (Å²) in [6, 6.07) is 12.5. The van der Waals surface area contributed by atoms with Crippen molar-refractivity contribution in [1.82, 2.24) is 14.9 Å². The second kappa shape index (κ2) is 7.42. The molecular weight excluding hydrogens is 286 g/mol. The van der Waals surface area contributed by atoms with Crippen molar-refractivity contribution >= 4 is 17.3 Å². The molecule has 0 N–H and O–H groups in total. The summed E-state index contributed by atoms with van der Waals surface area (Å²) in [5.74, 6) is 1.99. The molecule has 5 heteroatoms. The summed E-state index contributed by atoms with van der Waals surface area (Å²) < 4.78 is 0. The molecule has 122 valence electrons. The zero-order chi connectivity index (χ0) is 16.1. The summed E-state index contributed by atoms with van der Waals surface area (Å²) in [4.78, 5) is 16.0. The number of para-hydroxylation sites is 1. The lowest BCUT2D eigenvalue weighted by molar-refractivity contribution is 0.270. The van der Waals surface area contributed by atoms with Crippen molar-refractivity contribution in [2.75, 3.05) is 49.1 Å². The van der Waals surface area contributed by atoms with Crippen LogP contribution < -0.4 is 9.80 Å². The molecule has 0 bridgehead atoms. The number of likely N-dealkylation sites (N-methyl/N-ethyl adjacent to an activating group) is 1. The van der Waals surface area contributed by atoms with Gasteiger partial charge < -0.3 is 14.7 Å². The van der Waals surface area contributed by atoms with Gasteiger partial charge in [0, 0.05) is 44.5 Å². The molecule has 3 rings (SSSR count). The number of nitrogens with zero attached hydrogens (tertiary/aromatic N) is 5. The fraction of sp³-hybridized carbons (Fsp3) is 0.444. The standard InChI is InChI=1S/C18H25N5/c1-3-21-10-12-22(13-11-21)17-14-18(20-15-19-17)23(4-2)16-8-6-5-7-9-16/h5-9,14-15H,3-4,10-13H2,1-2H3. The van der Waals surface area contributed by atoms with E-state index in [0.717, 1.165) is 56.6 Å². The Morgan fingerprint density at radius 2 is 1.74 bits per heavy atom. The number of piperazine rings is 1. The summed E-state index contributed by atoms with van der Waals surface area (Å²) in [7, 11) is 0. The van der Waals surface area contributed by atoms with E-state index < -0.39 is 0 Å². The first-order valence-electron chi connectivity index (χ1n) is 8.43. The third-order valence-corrected chi connectivity index (χ3v) is 4.44. The summed E-state index contributed by atoms with van der Waals surface area (Å²) in [5, 5.41) is 0. The fourth-order valence-corrected chi connectivity index (χ4v) is 3.04. The zero-order valence-electron chi connectivity index (χ0n) is 14.0. The second-order valence-corrected chi connectivity index (χ2v) is 5.74. The Morgan fingerprint density at radius 1 is 1.00 bits per heavy atom. The van der Waals surface area contributed by atoms with Gasteiger partial charge in [0.1, 0.15) is 18.0 Å². The average Bonchev–Trinajstić information content (AvgIpc) is 2.64. The quantitative estimate of drug-likeness (QED) is 0.848. The van der Waals surface area contributed by atoms with Gasteiger partial charge in [0.25, 0.3) is 0 Å². The molecule has 0 amide bonds. The van der Waals surface area contributed by atoms with Crippen LogP contribution in [0.2, 0.25) is 0 Å². The Bertz CT molecular complexity index is 608. The number of hydrogen-bond donors (Lipinski definition) is 0. The summed E-state index contributed by atoms with van der Waals surface area (Å²) in [6.45, 7) is 10.6. The number of aromatic nitrogens is 2. The van der Waals surface area contributed by atoms with E-state index in [0.29, 0.717) is 0 Å². The zero-order valence-corrected chi connectivity index (χ0v) is 14.0. The number of hydrogen-bond acceptors (Lipinski definition) is 5. The molecular formula is C18H25N5. The van der Waals surface area contributed by atoms with Gasteiger partial charge in [-0.25, -0.2) is 9.97 Å². The molecule has 0 aliphatic carbocycles. The van der Waals surface area contributed by atoms with Crippen LogP contribution in [0.5, 0.6) is 0 Å². The van der Waals surface area contributed by atoms with Gasteiger partial charge in [0.2, 0.25) is 0 Å². The second-order valence-electron chi connectivity index (χ2n) is 5.74. The van der Waals surface area contributed by atoms with Crippen molar-refractivity contribution < 1.29 is 0 Å². The lowest BCUT2D eigenvalue weighted by Crippen LogP contribution is -2.46. The van der Waals surface area contributed by atoms with Crippen LogP contribution in [0.25, 0.3) is 0 Å². The monoisotopic (exact) mass is 311 g/mol.